The van der Waals surface area contributed by atoms with Crippen molar-refractivity contribution in [3.05, 3.63) is 0 Å². The summed E-state index contributed by atoms with van der Waals surface area (Å²) in [5.74, 6) is 0.697. The van der Waals surface area contributed by atoms with Gasteiger partial charge in [-0.2, -0.15) is 0 Å². The van der Waals surface area contributed by atoms with Crippen molar-refractivity contribution in [3.8, 4) is 0 Å². The second-order valence-corrected chi connectivity index (χ2v) is 3.80. The Balaban J connectivity index is 2.43. The van der Waals surface area contributed by atoms with E-state index in [0.29, 0.717) is 18.1 Å². The molecule has 2 heteroatoms. The van der Waals surface area contributed by atoms with Gasteiger partial charge in [0.25, 0.3) is 0 Å². The molecule has 1 heterocycles. The Morgan fingerprint density at radius 1 is 1.36 bits per heavy atom. The standard InChI is InChI=1S/C9H19NO/c1-7(2)10-5-8(3)9(6-10)11-4/h7-9H,5-6H2,1-4H3/t8-,9-/m1/s1. The van der Waals surface area contributed by atoms with Crippen LogP contribution in [-0.4, -0.2) is 37.2 Å². The van der Waals surface area contributed by atoms with Gasteiger partial charge in [-0.05, 0) is 19.8 Å². The summed E-state index contributed by atoms with van der Waals surface area (Å²) in [6, 6.07) is 0.664. The van der Waals surface area contributed by atoms with Crippen molar-refractivity contribution in [1.82, 2.24) is 4.90 Å². The SMILES string of the molecule is CO[C@@H]1CN(C(C)C)C[C@H]1C. The average Bonchev–Trinajstić information content (AvgIpc) is 2.31. The topological polar surface area (TPSA) is 12.5 Å². The minimum absolute atomic E-state index is 0.456. The van der Waals surface area contributed by atoms with Gasteiger partial charge in [0.15, 0.2) is 0 Å². The van der Waals surface area contributed by atoms with Crippen molar-refractivity contribution in [2.75, 3.05) is 20.2 Å². The smallest absolute Gasteiger partial charge is 0.0735 e. The zero-order valence-electron chi connectivity index (χ0n) is 8.00. The molecular formula is C9H19NO. The third kappa shape index (κ3) is 1.94. The lowest BCUT2D eigenvalue weighted by molar-refractivity contribution is 0.0817. The summed E-state index contributed by atoms with van der Waals surface area (Å²) in [4.78, 5) is 2.47. The summed E-state index contributed by atoms with van der Waals surface area (Å²) in [7, 11) is 1.81. The fourth-order valence-electron chi connectivity index (χ4n) is 1.70. The van der Waals surface area contributed by atoms with Gasteiger partial charge in [0, 0.05) is 26.2 Å². The molecule has 2 atom stereocenters. The van der Waals surface area contributed by atoms with Crippen LogP contribution in [0.1, 0.15) is 20.8 Å². The van der Waals surface area contributed by atoms with E-state index in [9.17, 15) is 0 Å². The summed E-state index contributed by atoms with van der Waals surface area (Å²) in [6.07, 6.45) is 0.456. The molecule has 66 valence electrons. The fraction of sp³-hybridized carbons (Fsp3) is 1.00. The van der Waals surface area contributed by atoms with Crippen molar-refractivity contribution in [1.29, 1.82) is 0 Å². The van der Waals surface area contributed by atoms with E-state index in [4.69, 9.17) is 4.74 Å². The third-order valence-electron chi connectivity index (χ3n) is 2.60. The molecule has 0 aromatic heterocycles. The van der Waals surface area contributed by atoms with Crippen molar-refractivity contribution in [2.24, 2.45) is 5.92 Å². The van der Waals surface area contributed by atoms with Gasteiger partial charge >= 0.3 is 0 Å². The summed E-state index contributed by atoms with van der Waals surface area (Å²) in [6.45, 7) is 9.04. The Hall–Kier alpha value is -0.0800. The highest BCUT2D eigenvalue weighted by atomic mass is 16.5. The lowest BCUT2D eigenvalue weighted by Crippen LogP contribution is -2.29. The molecule has 11 heavy (non-hydrogen) atoms. The van der Waals surface area contributed by atoms with Crippen molar-refractivity contribution in [2.45, 2.75) is 32.9 Å². The van der Waals surface area contributed by atoms with E-state index in [1.807, 2.05) is 7.11 Å². The Morgan fingerprint density at radius 3 is 2.27 bits per heavy atom. The second-order valence-electron chi connectivity index (χ2n) is 3.80. The van der Waals surface area contributed by atoms with E-state index in [1.54, 1.807) is 0 Å². The highest BCUT2D eigenvalue weighted by molar-refractivity contribution is 4.83. The first kappa shape index (κ1) is 9.01. The average molecular weight is 157 g/mol. The molecule has 0 aromatic carbocycles. The Morgan fingerprint density at radius 2 is 2.00 bits per heavy atom. The Bertz CT molecular complexity index is 125. The van der Waals surface area contributed by atoms with E-state index in [0.717, 1.165) is 6.54 Å². The molecule has 1 aliphatic rings. The molecule has 1 rings (SSSR count). The number of hydrogen-bond acceptors (Lipinski definition) is 2. The zero-order valence-corrected chi connectivity index (χ0v) is 8.00. The van der Waals surface area contributed by atoms with E-state index >= 15 is 0 Å². The molecule has 1 aliphatic heterocycles. The minimum Gasteiger partial charge on any atom is -0.380 e. The summed E-state index contributed by atoms with van der Waals surface area (Å²) in [5, 5.41) is 0. The number of likely N-dealkylation sites (tertiary alicyclic amines) is 1. The third-order valence-corrected chi connectivity index (χ3v) is 2.60. The molecule has 0 saturated carbocycles. The number of rotatable bonds is 2. The van der Waals surface area contributed by atoms with Crippen LogP contribution in [-0.2, 0) is 4.74 Å². The normalized spacial score (nSPS) is 33.5. The molecule has 0 bridgehead atoms. The van der Waals surface area contributed by atoms with Gasteiger partial charge < -0.3 is 4.74 Å². The lowest BCUT2D eigenvalue weighted by Gasteiger charge is -2.19. The van der Waals surface area contributed by atoms with Crippen molar-refractivity contribution < 1.29 is 4.74 Å². The summed E-state index contributed by atoms with van der Waals surface area (Å²) < 4.78 is 5.36. The van der Waals surface area contributed by atoms with E-state index in [2.05, 4.69) is 25.7 Å². The van der Waals surface area contributed by atoms with E-state index in [1.165, 1.54) is 6.54 Å². The van der Waals surface area contributed by atoms with Crippen LogP contribution in [0.15, 0.2) is 0 Å². The highest BCUT2D eigenvalue weighted by Crippen LogP contribution is 2.20. The van der Waals surface area contributed by atoms with Gasteiger partial charge in [-0.25, -0.2) is 0 Å². The summed E-state index contributed by atoms with van der Waals surface area (Å²) >= 11 is 0. The monoisotopic (exact) mass is 157 g/mol. The molecule has 1 saturated heterocycles. The Kier molecular flexibility index (Phi) is 2.90. The molecule has 0 N–H and O–H groups in total. The van der Waals surface area contributed by atoms with Gasteiger partial charge in [0.2, 0.25) is 0 Å². The minimum atomic E-state index is 0.456. The predicted octanol–water partition coefficient (Wildman–Crippen LogP) is 1.36. The molecule has 0 aliphatic carbocycles. The first-order valence-corrected chi connectivity index (χ1v) is 4.42. The van der Waals surface area contributed by atoms with Gasteiger partial charge in [-0.1, -0.05) is 6.92 Å². The number of nitrogens with zero attached hydrogens (tertiary/aromatic N) is 1. The maximum absolute atomic E-state index is 5.36. The van der Waals surface area contributed by atoms with Gasteiger partial charge in [-0.15, -0.1) is 0 Å². The Labute approximate surface area is 69.5 Å². The predicted molar refractivity (Wildman–Crippen MR) is 46.7 cm³/mol. The molecule has 2 nitrogen and oxygen atoms in total. The first-order chi connectivity index (χ1) is 5.15. The maximum atomic E-state index is 5.36. The molecule has 0 aromatic rings. The zero-order chi connectivity index (χ0) is 8.43. The summed E-state index contributed by atoms with van der Waals surface area (Å²) in [5.41, 5.74) is 0. The fourth-order valence-corrected chi connectivity index (χ4v) is 1.70. The molecule has 0 amide bonds. The molecule has 0 unspecified atom stereocenters. The van der Waals surface area contributed by atoms with Crippen LogP contribution in [0.2, 0.25) is 0 Å². The first-order valence-electron chi connectivity index (χ1n) is 4.42. The van der Waals surface area contributed by atoms with Gasteiger partial charge in [-0.3, -0.25) is 4.90 Å². The van der Waals surface area contributed by atoms with Crippen LogP contribution >= 0.6 is 0 Å². The largest absolute Gasteiger partial charge is 0.380 e. The van der Waals surface area contributed by atoms with Crippen LogP contribution in [0.5, 0.6) is 0 Å². The van der Waals surface area contributed by atoms with Crippen LogP contribution in [0.25, 0.3) is 0 Å². The quantitative estimate of drug-likeness (QED) is 0.600. The van der Waals surface area contributed by atoms with Crippen LogP contribution in [0, 0.1) is 5.92 Å². The van der Waals surface area contributed by atoms with E-state index < -0.39 is 0 Å². The molecule has 1 fully saturated rings. The van der Waals surface area contributed by atoms with Gasteiger partial charge in [0.1, 0.15) is 0 Å². The molecule has 0 spiro atoms. The highest BCUT2D eigenvalue weighted by Gasteiger charge is 2.30. The van der Waals surface area contributed by atoms with Crippen LogP contribution in [0.3, 0.4) is 0 Å². The number of methoxy groups -OCH3 is 1. The molecule has 0 radical (unpaired) electrons. The second kappa shape index (κ2) is 3.55. The lowest BCUT2D eigenvalue weighted by atomic mass is 10.1. The van der Waals surface area contributed by atoms with Crippen LogP contribution in [0.4, 0.5) is 0 Å². The number of hydrogen-bond donors (Lipinski definition) is 0. The maximum Gasteiger partial charge on any atom is 0.0735 e. The van der Waals surface area contributed by atoms with E-state index in [-0.39, 0.29) is 0 Å². The van der Waals surface area contributed by atoms with Crippen LogP contribution < -0.4 is 0 Å². The number of ether oxygens (including phenoxy) is 1. The van der Waals surface area contributed by atoms with Gasteiger partial charge in [0.05, 0.1) is 6.10 Å². The van der Waals surface area contributed by atoms with Crippen molar-refractivity contribution in [3.63, 3.8) is 0 Å². The van der Waals surface area contributed by atoms with Crippen molar-refractivity contribution >= 4 is 0 Å². The molecular weight excluding hydrogens is 138 g/mol.